The van der Waals surface area contributed by atoms with Gasteiger partial charge in [-0.1, -0.05) is 0 Å². The molecule has 5 nitrogen and oxygen atoms in total. The van der Waals surface area contributed by atoms with Gasteiger partial charge in [-0.05, 0) is 40.2 Å². The van der Waals surface area contributed by atoms with Crippen molar-refractivity contribution in [1.29, 1.82) is 0 Å². The maximum Gasteiger partial charge on any atom is 0.192 e. The fourth-order valence-corrected chi connectivity index (χ4v) is 1.74. The number of H-pyrrole nitrogens is 1. The van der Waals surface area contributed by atoms with Crippen LogP contribution < -0.4 is 0 Å². The monoisotopic (exact) mass is 290 g/mol. The average molecular weight is 291 g/mol. The second kappa shape index (κ2) is 4.14. The summed E-state index contributed by atoms with van der Waals surface area (Å²) in [5.74, 6) is 1.83. The smallest absolute Gasteiger partial charge is 0.192 e. The van der Waals surface area contributed by atoms with Crippen LogP contribution in [0.5, 0.6) is 0 Å². The molecular weight excluding hydrogens is 284 g/mol. The second-order valence-corrected chi connectivity index (χ2v) is 4.13. The zero-order valence-electron chi connectivity index (χ0n) is 8.59. The summed E-state index contributed by atoms with van der Waals surface area (Å²) in [5.41, 5.74) is 0.862. The van der Waals surface area contributed by atoms with Gasteiger partial charge >= 0.3 is 0 Å². The van der Waals surface area contributed by atoms with E-state index in [1.165, 1.54) is 0 Å². The molecule has 0 aliphatic carbocycles. The third-order valence-electron chi connectivity index (χ3n) is 2.21. The van der Waals surface area contributed by atoms with Gasteiger partial charge in [0.2, 0.25) is 0 Å². The number of aromatic nitrogens is 4. The maximum atomic E-state index is 5.39. The summed E-state index contributed by atoms with van der Waals surface area (Å²) in [4.78, 5) is 8.37. The number of nitrogens with zero attached hydrogens (tertiary/aromatic N) is 3. The lowest BCUT2D eigenvalue weighted by molar-refractivity contribution is 0.551. The molecule has 0 aliphatic rings. The van der Waals surface area contributed by atoms with Gasteiger partial charge in [-0.15, -0.1) is 0 Å². The molecule has 0 bridgehead atoms. The fourth-order valence-electron chi connectivity index (χ4n) is 1.44. The summed E-state index contributed by atoms with van der Waals surface area (Å²) in [7, 11) is 0. The van der Waals surface area contributed by atoms with Gasteiger partial charge in [0.1, 0.15) is 0 Å². The second-order valence-electron chi connectivity index (χ2n) is 3.35. The van der Waals surface area contributed by atoms with Crippen molar-refractivity contribution >= 4 is 15.9 Å². The van der Waals surface area contributed by atoms with Crippen LogP contribution in [0.15, 0.2) is 45.7 Å². The van der Waals surface area contributed by atoms with Gasteiger partial charge in [0.15, 0.2) is 22.1 Å². The van der Waals surface area contributed by atoms with E-state index >= 15 is 0 Å². The Balaban J connectivity index is 1.99. The predicted octanol–water partition coefficient (Wildman–Crippen LogP) is 2.89. The topological polar surface area (TPSA) is 67.6 Å². The lowest BCUT2D eigenvalue weighted by atomic mass is 10.3. The Morgan fingerprint density at radius 1 is 1.24 bits per heavy atom. The zero-order valence-corrected chi connectivity index (χ0v) is 10.2. The number of rotatable bonds is 2. The molecule has 0 saturated carbocycles. The highest BCUT2D eigenvalue weighted by Crippen LogP contribution is 2.23. The molecule has 1 N–H and O–H groups in total. The Bertz CT molecular complexity index is 632. The molecule has 3 aromatic rings. The van der Waals surface area contributed by atoms with Crippen LogP contribution in [0.1, 0.15) is 0 Å². The number of pyridine rings is 1. The highest BCUT2D eigenvalue weighted by Gasteiger charge is 2.10. The van der Waals surface area contributed by atoms with Crippen LogP contribution in [0, 0.1) is 0 Å². The van der Waals surface area contributed by atoms with Crippen LogP contribution >= 0.6 is 15.9 Å². The number of aromatic amines is 1. The Morgan fingerprint density at radius 3 is 2.88 bits per heavy atom. The molecule has 3 aromatic heterocycles. The van der Waals surface area contributed by atoms with Crippen LogP contribution in [0.4, 0.5) is 0 Å². The molecule has 3 rings (SSSR count). The third kappa shape index (κ3) is 1.99. The number of halogens is 1. The average Bonchev–Trinajstić information content (AvgIpc) is 2.98. The van der Waals surface area contributed by atoms with Crippen LogP contribution in [0.25, 0.3) is 23.0 Å². The van der Waals surface area contributed by atoms with E-state index in [1.54, 1.807) is 12.4 Å². The van der Waals surface area contributed by atoms with Crippen molar-refractivity contribution in [1.82, 2.24) is 20.2 Å². The molecule has 0 saturated heterocycles. The van der Waals surface area contributed by atoms with Crippen molar-refractivity contribution in [3.63, 3.8) is 0 Å². The van der Waals surface area contributed by atoms with Gasteiger partial charge in [0, 0.05) is 18.0 Å². The fraction of sp³-hybridized carbons (Fsp3) is 0. The Labute approximate surface area is 105 Å². The van der Waals surface area contributed by atoms with Crippen molar-refractivity contribution in [3.8, 4) is 23.0 Å². The van der Waals surface area contributed by atoms with Gasteiger partial charge in [0.05, 0.1) is 0 Å². The van der Waals surface area contributed by atoms with E-state index in [-0.39, 0.29) is 0 Å². The molecule has 0 spiro atoms. The van der Waals surface area contributed by atoms with Crippen molar-refractivity contribution < 1.29 is 4.42 Å². The predicted molar refractivity (Wildman–Crippen MR) is 65.0 cm³/mol. The van der Waals surface area contributed by atoms with Crippen LogP contribution in [-0.2, 0) is 0 Å². The molecule has 0 atom stereocenters. The molecule has 0 amide bonds. The lowest BCUT2D eigenvalue weighted by Crippen LogP contribution is -1.81. The number of hydrogen-bond acceptors (Lipinski definition) is 4. The van der Waals surface area contributed by atoms with E-state index in [0.717, 1.165) is 5.56 Å². The largest absolute Gasteiger partial charge is 0.446 e. The van der Waals surface area contributed by atoms with Crippen molar-refractivity contribution in [2.75, 3.05) is 0 Å². The molecule has 0 aromatic carbocycles. The number of nitrogens with one attached hydrogen (secondary N) is 1. The third-order valence-corrected chi connectivity index (χ3v) is 2.64. The van der Waals surface area contributed by atoms with Gasteiger partial charge in [-0.25, -0.2) is 4.98 Å². The first-order chi connectivity index (χ1) is 8.33. The normalized spacial score (nSPS) is 10.6. The molecule has 84 valence electrons. The SMILES string of the molecule is Brc1ccc(-c2nc(-c3cccnc3)n[nH]2)o1. The summed E-state index contributed by atoms with van der Waals surface area (Å²) in [6.45, 7) is 0. The minimum atomic E-state index is 0.592. The molecule has 0 fully saturated rings. The molecular formula is C11H7BrN4O. The molecule has 6 heteroatoms. The standard InChI is InChI=1S/C11H7BrN4O/c12-9-4-3-8(17-9)11-14-10(15-16-11)7-2-1-5-13-6-7/h1-6H,(H,14,15,16). The summed E-state index contributed by atoms with van der Waals surface area (Å²) in [6.07, 6.45) is 3.42. The molecule has 0 unspecified atom stereocenters. The number of furan rings is 1. The van der Waals surface area contributed by atoms with E-state index in [9.17, 15) is 0 Å². The maximum absolute atomic E-state index is 5.39. The molecule has 0 aliphatic heterocycles. The van der Waals surface area contributed by atoms with Gasteiger partial charge in [0.25, 0.3) is 0 Å². The summed E-state index contributed by atoms with van der Waals surface area (Å²) < 4.78 is 6.05. The quantitative estimate of drug-likeness (QED) is 0.788. The highest BCUT2D eigenvalue weighted by atomic mass is 79.9. The Kier molecular flexibility index (Phi) is 2.49. The summed E-state index contributed by atoms with van der Waals surface area (Å²) >= 11 is 3.24. The minimum Gasteiger partial charge on any atom is -0.446 e. The Hall–Kier alpha value is -1.95. The number of hydrogen-bond donors (Lipinski definition) is 1. The van der Waals surface area contributed by atoms with Crippen molar-refractivity contribution in [3.05, 3.63) is 41.3 Å². The summed E-state index contributed by atoms with van der Waals surface area (Å²) in [5, 5.41) is 6.95. The lowest BCUT2D eigenvalue weighted by Gasteiger charge is -1.90. The Morgan fingerprint density at radius 2 is 2.18 bits per heavy atom. The van der Waals surface area contributed by atoms with Crippen LogP contribution in [-0.4, -0.2) is 20.2 Å². The van der Waals surface area contributed by atoms with E-state index in [1.807, 2.05) is 24.3 Å². The van der Waals surface area contributed by atoms with Crippen molar-refractivity contribution in [2.45, 2.75) is 0 Å². The first kappa shape index (κ1) is 10.2. The molecule has 0 radical (unpaired) electrons. The molecule has 17 heavy (non-hydrogen) atoms. The van der Waals surface area contributed by atoms with Gasteiger partial charge in [-0.3, -0.25) is 10.1 Å². The van der Waals surface area contributed by atoms with Gasteiger partial charge in [-0.2, -0.15) is 5.10 Å². The van der Waals surface area contributed by atoms with E-state index in [4.69, 9.17) is 4.42 Å². The summed E-state index contributed by atoms with van der Waals surface area (Å²) in [6, 6.07) is 7.37. The first-order valence-corrected chi connectivity index (χ1v) is 5.71. The minimum absolute atomic E-state index is 0.592. The van der Waals surface area contributed by atoms with E-state index < -0.39 is 0 Å². The van der Waals surface area contributed by atoms with Crippen LogP contribution in [0.2, 0.25) is 0 Å². The van der Waals surface area contributed by atoms with Gasteiger partial charge < -0.3 is 4.42 Å². The molecule has 3 heterocycles. The van der Waals surface area contributed by atoms with E-state index in [0.29, 0.717) is 22.1 Å². The highest BCUT2D eigenvalue weighted by molar-refractivity contribution is 9.10. The van der Waals surface area contributed by atoms with E-state index in [2.05, 4.69) is 36.1 Å². The van der Waals surface area contributed by atoms with Crippen molar-refractivity contribution in [2.24, 2.45) is 0 Å². The van der Waals surface area contributed by atoms with Crippen LogP contribution in [0.3, 0.4) is 0 Å². The first-order valence-electron chi connectivity index (χ1n) is 4.91. The zero-order chi connectivity index (χ0) is 11.7.